The molecule has 2 aliphatic heterocycles. The zero-order valence-corrected chi connectivity index (χ0v) is 20.8. The van der Waals surface area contributed by atoms with E-state index in [1.54, 1.807) is 6.92 Å². The Bertz CT molecular complexity index is 847. The van der Waals surface area contributed by atoms with Gasteiger partial charge in [-0.05, 0) is 56.4 Å². The third kappa shape index (κ3) is 7.65. The number of hydrogen-bond acceptors (Lipinski definition) is 5. The van der Waals surface area contributed by atoms with E-state index in [1.807, 2.05) is 11.8 Å². The highest BCUT2D eigenvalue weighted by molar-refractivity contribution is 5.76. The van der Waals surface area contributed by atoms with Crippen LogP contribution in [-0.2, 0) is 16.0 Å². The van der Waals surface area contributed by atoms with Crippen molar-refractivity contribution < 1.29 is 19.0 Å². The van der Waals surface area contributed by atoms with Crippen molar-refractivity contribution in [3.8, 4) is 0 Å². The number of aliphatic hydroxyl groups is 1. The second-order valence-corrected chi connectivity index (χ2v) is 9.70. The van der Waals surface area contributed by atoms with Crippen molar-refractivity contribution in [2.75, 3.05) is 33.4 Å². The lowest BCUT2D eigenvalue weighted by Gasteiger charge is -2.36. The quantitative estimate of drug-likeness (QED) is 0.545. The van der Waals surface area contributed by atoms with E-state index in [-0.39, 0.29) is 24.1 Å². The van der Waals surface area contributed by atoms with Crippen molar-refractivity contribution in [3.05, 3.63) is 53.7 Å². The highest BCUT2D eigenvalue weighted by Gasteiger charge is 2.28. The fourth-order valence-electron chi connectivity index (χ4n) is 4.81. The molecule has 0 aliphatic carbocycles. The van der Waals surface area contributed by atoms with Gasteiger partial charge in [-0.1, -0.05) is 36.9 Å². The van der Waals surface area contributed by atoms with Crippen LogP contribution in [0.5, 0.6) is 0 Å². The molecule has 3 rings (SSSR count). The van der Waals surface area contributed by atoms with Crippen molar-refractivity contribution >= 4 is 11.5 Å². The fraction of sp³-hybridized carbons (Fsp3) is 0.593. The van der Waals surface area contributed by atoms with Crippen molar-refractivity contribution in [3.63, 3.8) is 0 Å². The number of carbonyl (C=O) groups excluding carboxylic acids is 1. The van der Waals surface area contributed by atoms with Gasteiger partial charge in [0.05, 0.1) is 12.1 Å². The molecule has 1 amide bonds. The lowest BCUT2D eigenvalue weighted by molar-refractivity contribution is -0.173. The summed E-state index contributed by atoms with van der Waals surface area (Å²) in [7, 11) is 2.05. The summed E-state index contributed by atoms with van der Waals surface area (Å²) in [6.07, 6.45) is 5.13. The van der Waals surface area contributed by atoms with Crippen LogP contribution in [0.4, 0.5) is 4.39 Å². The van der Waals surface area contributed by atoms with E-state index in [0.717, 1.165) is 49.2 Å². The molecule has 0 radical (unpaired) electrons. The Hall–Kier alpha value is -2.22. The molecule has 1 aromatic rings. The first-order valence-corrected chi connectivity index (χ1v) is 12.3. The van der Waals surface area contributed by atoms with Gasteiger partial charge in [0.1, 0.15) is 6.67 Å². The molecule has 7 heteroatoms. The summed E-state index contributed by atoms with van der Waals surface area (Å²) in [4.78, 5) is 15.6. The number of alkyl halides is 1. The maximum absolute atomic E-state index is 13.8. The molecule has 0 spiro atoms. The van der Waals surface area contributed by atoms with Crippen LogP contribution >= 0.6 is 0 Å². The Morgan fingerprint density at radius 1 is 1.35 bits per heavy atom. The first kappa shape index (κ1) is 26.4. The molecule has 1 fully saturated rings. The van der Waals surface area contributed by atoms with Gasteiger partial charge >= 0.3 is 0 Å². The molecule has 4 atom stereocenters. The van der Waals surface area contributed by atoms with Crippen LogP contribution in [0, 0.1) is 0 Å². The average molecular weight is 474 g/mol. The summed E-state index contributed by atoms with van der Waals surface area (Å²) in [6.45, 7) is 9.43. The van der Waals surface area contributed by atoms with Crippen LogP contribution in [0.3, 0.4) is 0 Å². The van der Waals surface area contributed by atoms with Crippen molar-refractivity contribution in [1.29, 1.82) is 0 Å². The molecule has 1 saturated heterocycles. The molecule has 34 heavy (non-hydrogen) atoms. The SMILES string of the molecule is C=C(CCN(C)C1CC(C)OC(O)C1)NC(CF)Cc1ccc(C2=CCN(C(C)=O)CC2)cc1. The van der Waals surface area contributed by atoms with Gasteiger partial charge in [0.2, 0.25) is 5.91 Å². The fourth-order valence-corrected chi connectivity index (χ4v) is 4.81. The zero-order valence-electron chi connectivity index (χ0n) is 20.8. The van der Waals surface area contributed by atoms with E-state index in [4.69, 9.17) is 4.74 Å². The number of carbonyl (C=O) groups is 1. The molecule has 4 unspecified atom stereocenters. The topological polar surface area (TPSA) is 65.0 Å². The molecule has 2 N–H and O–H groups in total. The molecule has 188 valence electrons. The average Bonchev–Trinajstić information content (AvgIpc) is 2.82. The summed E-state index contributed by atoms with van der Waals surface area (Å²) in [5.74, 6) is 0.112. The van der Waals surface area contributed by atoms with E-state index >= 15 is 0 Å². The maximum atomic E-state index is 13.8. The smallest absolute Gasteiger partial charge is 0.219 e. The summed E-state index contributed by atoms with van der Waals surface area (Å²) in [6, 6.07) is 8.26. The molecule has 0 bridgehead atoms. The van der Waals surface area contributed by atoms with E-state index in [1.165, 1.54) is 5.57 Å². The number of halogens is 1. The zero-order chi connectivity index (χ0) is 24.7. The first-order chi connectivity index (χ1) is 16.2. The number of nitrogens with one attached hydrogen (secondary N) is 1. The Morgan fingerprint density at radius 2 is 2.09 bits per heavy atom. The summed E-state index contributed by atoms with van der Waals surface area (Å²) in [5, 5.41) is 13.1. The van der Waals surface area contributed by atoms with Gasteiger partial charge in [-0.2, -0.15) is 0 Å². The first-order valence-electron chi connectivity index (χ1n) is 12.3. The maximum Gasteiger partial charge on any atom is 0.219 e. The number of benzene rings is 1. The highest BCUT2D eigenvalue weighted by Crippen LogP contribution is 2.24. The van der Waals surface area contributed by atoms with E-state index < -0.39 is 13.0 Å². The monoisotopic (exact) mass is 473 g/mol. The highest BCUT2D eigenvalue weighted by atomic mass is 19.1. The third-order valence-electron chi connectivity index (χ3n) is 6.91. The molecule has 2 heterocycles. The predicted octanol–water partition coefficient (Wildman–Crippen LogP) is 3.51. The molecular formula is C27H40FN3O3. The van der Waals surface area contributed by atoms with Gasteiger partial charge in [0, 0.05) is 44.7 Å². The number of nitrogens with zero attached hydrogens (tertiary/aromatic N) is 2. The van der Waals surface area contributed by atoms with Gasteiger partial charge in [0.25, 0.3) is 0 Å². The molecular weight excluding hydrogens is 433 g/mol. The summed E-state index contributed by atoms with van der Waals surface area (Å²) >= 11 is 0. The number of rotatable bonds is 10. The predicted molar refractivity (Wildman–Crippen MR) is 134 cm³/mol. The Labute approximate surface area is 203 Å². The standard InChI is InChI=1S/C27H40FN3O3/c1-19(9-12-30(4)26-15-20(2)34-27(33)17-26)29-25(18-28)16-22-5-7-23(8-6-22)24-10-13-31(14-11-24)21(3)32/h5-8,10,20,25-27,29,33H,1,9,11-18H2,2-4H3. The third-order valence-corrected chi connectivity index (χ3v) is 6.91. The second-order valence-electron chi connectivity index (χ2n) is 9.70. The van der Waals surface area contributed by atoms with Crippen molar-refractivity contribution in [2.45, 2.75) is 70.4 Å². The van der Waals surface area contributed by atoms with Crippen LogP contribution in [-0.4, -0.2) is 78.6 Å². The van der Waals surface area contributed by atoms with E-state index in [2.05, 4.69) is 54.2 Å². The Morgan fingerprint density at radius 3 is 2.68 bits per heavy atom. The largest absolute Gasteiger partial charge is 0.383 e. The van der Waals surface area contributed by atoms with Crippen molar-refractivity contribution in [2.24, 2.45) is 0 Å². The Balaban J connectivity index is 1.45. The molecule has 2 aliphatic rings. The lowest BCUT2D eigenvalue weighted by atomic mass is 9.97. The number of ether oxygens (including phenoxy) is 1. The van der Waals surface area contributed by atoms with Crippen LogP contribution in [0.1, 0.15) is 50.7 Å². The van der Waals surface area contributed by atoms with Gasteiger partial charge in [0.15, 0.2) is 6.29 Å². The molecule has 0 saturated carbocycles. The van der Waals surface area contributed by atoms with Crippen LogP contribution < -0.4 is 5.32 Å². The number of hydrogen-bond donors (Lipinski definition) is 2. The number of amides is 1. The van der Waals surface area contributed by atoms with Crippen LogP contribution in [0.25, 0.3) is 5.57 Å². The second kappa shape index (κ2) is 12.5. The molecule has 0 aromatic heterocycles. The van der Waals surface area contributed by atoms with Gasteiger partial charge in [-0.25, -0.2) is 4.39 Å². The summed E-state index contributed by atoms with van der Waals surface area (Å²) in [5.41, 5.74) is 4.33. The molecule has 6 nitrogen and oxygen atoms in total. The normalized spacial score (nSPS) is 24.0. The Kier molecular flexibility index (Phi) is 9.68. The van der Waals surface area contributed by atoms with Crippen molar-refractivity contribution in [1.82, 2.24) is 15.1 Å². The molecule has 1 aromatic carbocycles. The van der Waals surface area contributed by atoms with Crippen LogP contribution in [0.15, 0.2) is 42.6 Å². The van der Waals surface area contributed by atoms with Crippen LogP contribution in [0.2, 0.25) is 0 Å². The van der Waals surface area contributed by atoms with Gasteiger partial charge in [-0.3, -0.25) is 4.79 Å². The van der Waals surface area contributed by atoms with E-state index in [0.29, 0.717) is 19.4 Å². The summed E-state index contributed by atoms with van der Waals surface area (Å²) < 4.78 is 19.2. The lowest BCUT2D eigenvalue weighted by Crippen LogP contribution is -2.44. The minimum atomic E-state index is -0.704. The van der Waals surface area contributed by atoms with E-state index in [9.17, 15) is 14.3 Å². The van der Waals surface area contributed by atoms with Gasteiger partial charge < -0.3 is 25.0 Å². The minimum absolute atomic E-state index is 0.0458. The van der Waals surface area contributed by atoms with Gasteiger partial charge in [-0.15, -0.1) is 0 Å². The number of aliphatic hydroxyl groups excluding tert-OH is 1. The minimum Gasteiger partial charge on any atom is -0.383 e.